The summed E-state index contributed by atoms with van der Waals surface area (Å²) >= 11 is 0. The van der Waals surface area contributed by atoms with Crippen LogP contribution in [0.25, 0.3) is 0 Å². The van der Waals surface area contributed by atoms with E-state index in [0.29, 0.717) is 5.57 Å². The van der Waals surface area contributed by atoms with Crippen LogP contribution in [-0.4, -0.2) is 17.4 Å². The van der Waals surface area contributed by atoms with Crippen LogP contribution >= 0.6 is 12.4 Å². The smallest absolute Gasteiger partial charge is 0.250 e. The molecule has 0 aliphatic carbocycles. The first-order valence-corrected chi connectivity index (χ1v) is 4.10. The topological polar surface area (TPSA) is 46.3 Å². The third-order valence-corrected chi connectivity index (χ3v) is 2.05. The first-order valence-electron chi connectivity index (χ1n) is 4.10. The van der Waals surface area contributed by atoms with E-state index in [4.69, 9.17) is 5.73 Å². The van der Waals surface area contributed by atoms with Gasteiger partial charge in [-0.1, -0.05) is 12.2 Å². The third kappa shape index (κ3) is 1.88. The standard InChI is InChI=1S/C10H10N2O.ClH/c11-10(13)8-4-5-9-3-1-2-6-12(9)7-8;/h1-5,7H,6H2,(H2,11,13);1H. The molecule has 0 radical (unpaired) electrons. The van der Waals surface area contributed by atoms with E-state index in [0.717, 1.165) is 12.2 Å². The van der Waals surface area contributed by atoms with Gasteiger partial charge in [0, 0.05) is 18.4 Å². The molecule has 2 aliphatic heterocycles. The second kappa shape index (κ2) is 4.15. The normalized spacial score (nSPS) is 17.9. The van der Waals surface area contributed by atoms with Crippen LogP contribution < -0.4 is 5.73 Å². The number of nitrogens with two attached hydrogens (primary N) is 1. The summed E-state index contributed by atoms with van der Waals surface area (Å²) in [5.74, 6) is -0.384. The molecule has 0 fully saturated rings. The van der Waals surface area contributed by atoms with E-state index in [1.165, 1.54) is 0 Å². The van der Waals surface area contributed by atoms with Crippen LogP contribution in [0.15, 0.2) is 47.9 Å². The number of carbonyl (C=O) groups is 1. The lowest BCUT2D eigenvalue weighted by atomic mass is 10.1. The predicted octanol–water partition coefficient (Wildman–Crippen LogP) is 1.10. The van der Waals surface area contributed by atoms with E-state index in [1.54, 1.807) is 12.3 Å². The summed E-state index contributed by atoms with van der Waals surface area (Å²) in [6.07, 6.45) is 11.4. The van der Waals surface area contributed by atoms with Crippen molar-refractivity contribution in [2.75, 3.05) is 6.54 Å². The number of rotatable bonds is 1. The lowest BCUT2D eigenvalue weighted by molar-refractivity contribution is -0.114. The number of allylic oxidation sites excluding steroid dienone is 3. The molecule has 0 aromatic rings. The SMILES string of the molecule is Cl.NC(=O)C1=CN2CC=CC=C2C=C1. The summed E-state index contributed by atoms with van der Waals surface area (Å²) in [7, 11) is 0. The molecule has 2 rings (SSSR count). The molecule has 0 aromatic carbocycles. The number of halogens is 1. The molecule has 0 bridgehead atoms. The van der Waals surface area contributed by atoms with Crippen LogP contribution in [0.1, 0.15) is 0 Å². The molecule has 2 N–H and O–H groups in total. The second-order valence-corrected chi connectivity index (χ2v) is 2.95. The first kappa shape index (κ1) is 10.6. The quantitative estimate of drug-likeness (QED) is 0.705. The number of amides is 1. The number of primary amides is 1. The van der Waals surface area contributed by atoms with Crippen LogP contribution in [0.5, 0.6) is 0 Å². The van der Waals surface area contributed by atoms with Crippen molar-refractivity contribution in [2.24, 2.45) is 5.73 Å². The highest BCUT2D eigenvalue weighted by Gasteiger charge is 2.13. The summed E-state index contributed by atoms with van der Waals surface area (Å²) < 4.78 is 0. The van der Waals surface area contributed by atoms with E-state index >= 15 is 0 Å². The fourth-order valence-electron chi connectivity index (χ4n) is 1.35. The molecule has 4 heteroatoms. The Hall–Kier alpha value is -1.48. The highest BCUT2D eigenvalue weighted by molar-refractivity contribution is 5.95. The summed E-state index contributed by atoms with van der Waals surface area (Å²) in [6, 6.07) is 0. The number of fused-ring (bicyclic) bond motifs is 1. The van der Waals surface area contributed by atoms with Crippen LogP contribution in [0.2, 0.25) is 0 Å². The minimum atomic E-state index is -0.384. The van der Waals surface area contributed by atoms with Gasteiger partial charge in [0.1, 0.15) is 0 Å². The van der Waals surface area contributed by atoms with Crippen molar-refractivity contribution in [1.29, 1.82) is 0 Å². The van der Waals surface area contributed by atoms with E-state index < -0.39 is 0 Å². The van der Waals surface area contributed by atoms with Crippen molar-refractivity contribution in [2.45, 2.75) is 0 Å². The Balaban J connectivity index is 0.000000980. The molecule has 0 atom stereocenters. The Bertz CT molecular complexity index is 366. The Labute approximate surface area is 88.7 Å². The van der Waals surface area contributed by atoms with Gasteiger partial charge in [-0.15, -0.1) is 12.4 Å². The zero-order valence-corrected chi connectivity index (χ0v) is 8.33. The largest absolute Gasteiger partial charge is 0.366 e. The lowest BCUT2D eigenvalue weighted by Gasteiger charge is -2.25. The molecule has 74 valence electrons. The van der Waals surface area contributed by atoms with Gasteiger partial charge < -0.3 is 10.6 Å². The molecule has 2 aliphatic rings. The molecule has 0 unspecified atom stereocenters. The Morgan fingerprint density at radius 2 is 2.21 bits per heavy atom. The zero-order chi connectivity index (χ0) is 9.26. The van der Waals surface area contributed by atoms with Crippen LogP contribution in [0.4, 0.5) is 0 Å². The highest BCUT2D eigenvalue weighted by atomic mass is 35.5. The average Bonchev–Trinajstić information content (AvgIpc) is 2.17. The van der Waals surface area contributed by atoms with E-state index in [1.807, 2.05) is 29.2 Å². The molecule has 2 heterocycles. The number of hydrogen-bond acceptors (Lipinski definition) is 2. The van der Waals surface area contributed by atoms with Crippen molar-refractivity contribution in [3.8, 4) is 0 Å². The van der Waals surface area contributed by atoms with E-state index in [2.05, 4.69) is 0 Å². The van der Waals surface area contributed by atoms with Gasteiger partial charge in [0.15, 0.2) is 0 Å². The van der Waals surface area contributed by atoms with Crippen molar-refractivity contribution in [3.05, 3.63) is 47.9 Å². The second-order valence-electron chi connectivity index (χ2n) is 2.95. The van der Waals surface area contributed by atoms with Gasteiger partial charge in [-0.2, -0.15) is 0 Å². The van der Waals surface area contributed by atoms with Gasteiger partial charge in [0.25, 0.3) is 0 Å². The molecule has 0 spiro atoms. The van der Waals surface area contributed by atoms with Crippen molar-refractivity contribution in [3.63, 3.8) is 0 Å². The summed E-state index contributed by atoms with van der Waals surface area (Å²) in [6.45, 7) is 0.799. The first-order chi connectivity index (χ1) is 6.27. The maximum Gasteiger partial charge on any atom is 0.250 e. The van der Waals surface area contributed by atoms with Crippen molar-refractivity contribution >= 4 is 18.3 Å². The van der Waals surface area contributed by atoms with Gasteiger partial charge >= 0.3 is 0 Å². The Morgan fingerprint density at radius 3 is 2.93 bits per heavy atom. The molecule has 0 saturated carbocycles. The molecule has 0 saturated heterocycles. The predicted molar refractivity (Wildman–Crippen MR) is 57.6 cm³/mol. The summed E-state index contributed by atoms with van der Waals surface area (Å²) in [5.41, 5.74) is 6.81. The van der Waals surface area contributed by atoms with E-state index in [-0.39, 0.29) is 18.3 Å². The van der Waals surface area contributed by atoms with Gasteiger partial charge in [-0.3, -0.25) is 4.79 Å². The fraction of sp³-hybridized carbons (Fsp3) is 0.100. The number of nitrogens with zero attached hydrogens (tertiary/aromatic N) is 1. The number of hydrogen-bond donors (Lipinski definition) is 1. The van der Waals surface area contributed by atoms with Gasteiger partial charge in [0.2, 0.25) is 5.91 Å². The monoisotopic (exact) mass is 210 g/mol. The lowest BCUT2D eigenvalue weighted by Crippen LogP contribution is -2.24. The maximum atomic E-state index is 10.9. The molecular formula is C10H11ClN2O. The molecular weight excluding hydrogens is 200 g/mol. The molecule has 14 heavy (non-hydrogen) atoms. The Kier molecular flexibility index (Phi) is 3.14. The highest BCUT2D eigenvalue weighted by Crippen LogP contribution is 2.18. The maximum absolute atomic E-state index is 10.9. The average molecular weight is 211 g/mol. The van der Waals surface area contributed by atoms with Crippen molar-refractivity contribution < 1.29 is 4.79 Å². The minimum absolute atomic E-state index is 0. The Morgan fingerprint density at radius 1 is 1.43 bits per heavy atom. The van der Waals surface area contributed by atoms with Gasteiger partial charge in [0.05, 0.1) is 5.57 Å². The van der Waals surface area contributed by atoms with Crippen LogP contribution in [-0.2, 0) is 4.79 Å². The van der Waals surface area contributed by atoms with Gasteiger partial charge in [-0.05, 0) is 18.2 Å². The molecule has 1 amide bonds. The zero-order valence-electron chi connectivity index (χ0n) is 7.51. The van der Waals surface area contributed by atoms with Gasteiger partial charge in [-0.25, -0.2) is 0 Å². The van der Waals surface area contributed by atoms with Crippen molar-refractivity contribution in [1.82, 2.24) is 4.90 Å². The number of carbonyl (C=O) groups excluding carboxylic acids is 1. The molecule has 0 aromatic heterocycles. The van der Waals surface area contributed by atoms with E-state index in [9.17, 15) is 4.79 Å². The van der Waals surface area contributed by atoms with Crippen LogP contribution in [0, 0.1) is 0 Å². The van der Waals surface area contributed by atoms with Crippen LogP contribution in [0.3, 0.4) is 0 Å². The third-order valence-electron chi connectivity index (χ3n) is 2.05. The fourth-order valence-corrected chi connectivity index (χ4v) is 1.35. The summed E-state index contributed by atoms with van der Waals surface area (Å²) in [4.78, 5) is 12.9. The minimum Gasteiger partial charge on any atom is -0.366 e. The summed E-state index contributed by atoms with van der Waals surface area (Å²) in [5, 5.41) is 0. The molecule has 3 nitrogen and oxygen atoms in total.